The molecule has 2 aromatic heterocycles. The van der Waals surface area contributed by atoms with Gasteiger partial charge < -0.3 is 9.30 Å². The highest BCUT2D eigenvalue weighted by Gasteiger charge is 2.21. The zero-order chi connectivity index (χ0) is 22.9. The van der Waals surface area contributed by atoms with Crippen LogP contribution >= 0.6 is 0 Å². The molecule has 8 nitrogen and oxygen atoms in total. The maximum atomic E-state index is 12.6. The molecule has 0 radical (unpaired) electrons. The standard InChI is InChI=1S/C23H23N3O5S/c1-16-4-7-19(8-5-16)32(28,29)31-11-10-26-22-9-6-18(30-3)12-20(22)21(15-27)23(26)17-13-24-25(2)14-17/h4-9,12-15H,10-11H2,1-3H3. The van der Waals surface area contributed by atoms with E-state index in [1.807, 2.05) is 17.6 Å². The van der Waals surface area contributed by atoms with Gasteiger partial charge >= 0.3 is 0 Å². The molecule has 0 aliphatic carbocycles. The van der Waals surface area contributed by atoms with Crippen molar-refractivity contribution >= 4 is 27.3 Å². The lowest BCUT2D eigenvalue weighted by Gasteiger charge is -2.11. The summed E-state index contributed by atoms with van der Waals surface area (Å²) in [6, 6.07) is 11.9. The monoisotopic (exact) mass is 453 g/mol. The van der Waals surface area contributed by atoms with Crippen molar-refractivity contribution < 1.29 is 22.1 Å². The Balaban J connectivity index is 1.72. The third-order valence-corrected chi connectivity index (χ3v) is 6.60. The summed E-state index contributed by atoms with van der Waals surface area (Å²) in [5, 5.41) is 4.92. The van der Waals surface area contributed by atoms with Gasteiger partial charge in [0.2, 0.25) is 0 Å². The molecule has 0 bridgehead atoms. The van der Waals surface area contributed by atoms with Crippen molar-refractivity contribution in [3.63, 3.8) is 0 Å². The highest BCUT2D eigenvalue weighted by Crippen LogP contribution is 2.34. The van der Waals surface area contributed by atoms with E-state index in [0.29, 0.717) is 22.4 Å². The predicted octanol–water partition coefficient (Wildman–Crippen LogP) is 3.58. The van der Waals surface area contributed by atoms with Gasteiger partial charge in [0.1, 0.15) is 5.75 Å². The molecule has 0 fully saturated rings. The molecule has 0 aliphatic heterocycles. The quantitative estimate of drug-likeness (QED) is 0.299. The number of hydrogen-bond donors (Lipinski definition) is 0. The fourth-order valence-corrected chi connectivity index (χ4v) is 4.60. The van der Waals surface area contributed by atoms with Crippen LogP contribution < -0.4 is 4.74 Å². The lowest BCUT2D eigenvalue weighted by atomic mass is 10.1. The number of fused-ring (bicyclic) bond motifs is 1. The lowest BCUT2D eigenvalue weighted by molar-refractivity contribution is 0.112. The van der Waals surface area contributed by atoms with Gasteiger partial charge in [0.25, 0.3) is 10.1 Å². The van der Waals surface area contributed by atoms with Crippen LogP contribution in [0.2, 0.25) is 0 Å². The molecule has 0 spiro atoms. The molecule has 4 aromatic rings. The molecule has 0 N–H and O–H groups in total. The van der Waals surface area contributed by atoms with Crippen LogP contribution in [0.5, 0.6) is 5.75 Å². The molecular formula is C23H23N3O5S. The fraction of sp³-hybridized carbons (Fsp3) is 0.217. The summed E-state index contributed by atoms with van der Waals surface area (Å²) in [6.07, 6.45) is 4.27. The van der Waals surface area contributed by atoms with Gasteiger partial charge in [-0.2, -0.15) is 13.5 Å². The number of aromatic nitrogens is 3. The number of ether oxygens (including phenoxy) is 1. The summed E-state index contributed by atoms with van der Waals surface area (Å²) >= 11 is 0. The molecule has 0 saturated carbocycles. The molecule has 0 unspecified atom stereocenters. The second kappa shape index (κ2) is 8.60. The number of carbonyl (C=O) groups is 1. The van der Waals surface area contributed by atoms with Gasteiger partial charge in [-0.15, -0.1) is 0 Å². The molecular weight excluding hydrogens is 430 g/mol. The number of rotatable bonds is 8. The molecule has 9 heteroatoms. The highest BCUT2D eigenvalue weighted by atomic mass is 32.2. The van der Waals surface area contributed by atoms with Crippen LogP contribution in [0.3, 0.4) is 0 Å². The van der Waals surface area contributed by atoms with E-state index in [9.17, 15) is 13.2 Å². The second-order valence-electron chi connectivity index (χ2n) is 7.41. The van der Waals surface area contributed by atoms with Crippen molar-refractivity contribution in [3.8, 4) is 17.0 Å². The van der Waals surface area contributed by atoms with Crippen molar-refractivity contribution in [2.24, 2.45) is 7.05 Å². The van der Waals surface area contributed by atoms with Gasteiger partial charge in [-0.1, -0.05) is 17.7 Å². The highest BCUT2D eigenvalue weighted by molar-refractivity contribution is 7.86. The van der Waals surface area contributed by atoms with E-state index in [4.69, 9.17) is 8.92 Å². The van der Waals surface area contributed by atoms with E-state index in [-0.39, 0.29) is 18.0 Å². The number of carbonyl (C=O) groups excluding carboxylic acids is 1. The predicted molar refractivity (Wildman–Crippen MR) is 120 cm³/mol. The van der Waals surface area contributed by atoms with Crippen LogP contribution in [0.4, 0.5) is 0 Å². The molecule has 32 heavy (non-hydrogen) atoms. The van der Waals surface area contributed by atoms with Crippen molar-refractivity contribution in [2.45, 2.75) is 18.4 Å². The van der Waals surface area contributed by atoms with Crippen LogP contribution in [0, 0.1) is 6.92 Å². The topological polar surface area (TPSA) is 92.4 Å². The maximum Gasteiger partial charge on any atom is 0.297 e. The van der Waals surface area contributed by atoms with E-state index in [2.05, 4.69) is 5.10 Å². The van der Waals surface area contributed by atoms with Gasteiger partial charge in [-0.25, -0.2) is 0 Å². The number of benzene rings is 2. The largest absolute Gasteiger partial charge is 0.497 e. The minimum absolute atomic E-state index is 0.0996. The number of aryl methyl sites for hydroxylation is 2. The summed E-state index contributed by atoms with van der Waals surface area (Å²) in [7, 11) is -0.553. The number of aldehydes is 1. The Morgan fingerprint density at radius 1 is 1.12 bits per heavy atom. The van der Waals surface area contributed by atoms with Crippen LogP contribution in [-0.2, 0) is 27.9 Å². The molecule has 2 heterocycles. The Bertz CT molecular complexity index is 1390. The van der Waals surface area contributed by atoms with Gasteiger partial charge in [0.05, 0.1) is 30.5 Å². The summed E-state index contributed by atoms with van der Waals surface area (Å²) in [4.78, 5) is 12.2. The minimum Gasteiger partial charge on any atom is -0.497 e. The Labute approximate surface area is 186 Å². The first-order valence-electron chi connectivity index (χ1n) is 9.94. The average Bonchev–Trinajstić information content (AvgIpc) is 3.34. The van der Waals surface area contributed by atoms with Gasteiger partial charge in [0, 0.05) is 41.8 Å². The molecule has 166 valence electrons. The molecule has 0 amide bonds. The zero-order valence-electron chi connectivity index (χ0n) is 18.0. The zero-order valence-corrected chi connectivity index (χ0v) is 18.8. The van der Waals surface area contributed by atoms with Gasteiger partial charge in [0.15, 0.2) is 6.29 Å². The van der Waals surface area contributed by atoms with Crippen LogP contribution in [0.25, 0.3) is 22.2 Å². The van der Waals surface area contributed by atoms with Crippen molar-refractivity contribution in [1.29, 1.82) is 0 Å². The SMILES string of the molecule is COc1ccc2c(c1)c(C=O)c(-c1cnn(C)c1)n2CCOS(=O)(=O)c1ccc(C)cc1. The van der Waals surface area contributed by atoms with Crippen LogP contribution in [0.15, 0.2) is 59.8 Å². The Kier molecular flexibility index (Phi) is 5.86. The number of methoxy groups -OCH3 is 1. The van der Waals surface area contributed by atoms with Gasteiger partial charge in [-0.05, 0) is 37.3 Å². The lowest BCUT2D eigenvalue weighted by Crippen LogP contribution is -2.13. The third kappa shape index (κ3) is 4.04. The van der Waals surface area contributed by atoms with E-state index in [1.165, 1.54) is 12.1 Å². The molecule has 0 aliphatic rings. The van der Waals surface area contributed by atoms with E-state index in [1.54, 1.807) is 55.5 Å². The summed E-state index contributed by atoms with van der Waals surface area (Å²) in [5.74, 6) is 0.619. The van der Waals surface area contributed by atoms with Crippen molar-refractivity contribution in [2.75, 3.05) is 13.7 Å². The fourth-order valence-electron chi connectivity index (χ4n) is 3.70. The Morgan fingerprint density at radius 2 is 1.88 bits per heavy atom. The van der Waals surface area contributed by atoms with Crippen LogP contribution in [0.1, 0.15) is 15.9 Å². The first kappa shape index (κ1) is 21.8. The number of nitrogens with zero attached hydrogens (tertiary/aromatic N) is 3. The summed E-state index contributed by atoms with van der Waals surface area (Å²) in [5.41, 5.74) is 3.59. The Hall–Kier alpha value is -3.43. The minimum atomic E-state index is -3.90. The van der Waals surface area contributed by atoms with E-state index in [0.717, 1.165) is 22.9 Å². The first-order valence-corrected chi connectivity index (χ1v) is 11.4. The molecule has 4 rings (SSSR count). The third-order valence-electron chi connectivity index (χ3n) is 5.27. The summed E-state index contributed by atoms with van der Waals surface area (Å²) < 4.78 is 39.3. The number of hydrogen-bond acceptors (Lipinski definition) is 6. The molecule has 0 atom stereocenters. The normalized spacial score (nSPS) is 11.7. The van der Waals surface area contributed by atoms with Crippen LogP contribution in [-0.4, -0.2) is 42.8 Å². The van der Waals surface area contributed by atoms with Gasteiger partial charge in [-0.3, -0.25) is 13.7 Å². The maximum absolute atomic E-state index is 12.6. The van der Waals surface area contributed by atoms with E-state index >= 15 is 0 Å². The second-order valence-corrected chi connectivity index (χ2v) is 9.02. The average molecular weight is 454 g/mol. The molecule has 2 aromatic carbocycles. The van der Waals surface area contributed by atoms with Crippen molar-refractivity contribution in [3.05, 3.63) is 66.0 Å². The van der Waals surface area contributed by atoms with E-state index < -0.39 is 10.1 Å². The van der Waals surface area contributed by atoms with Crippen molar-refractivity contribution in [1.82, 2.24) is 14.3 Å². The smallest absolute Gasteiger partial charge is 0.297 e. The first-order chi connectivity index (χ1) is 15.3. The Morgan fingerprint density at radius 3 is 2.50 bits per heavy atom. The summed E-state index contributed by atoms with van der Waals surface area (Å²) in [6.45, 7) is 2.00. The molecule has 0 saturated heterocycles.